The fourth-order valence-corrected chi connectivity index (χ4v) is 3.34. The van der Waals surface area contributed by atoms with E-state index in [4.69, 9.17) is 0 Å². The van der Waals surface area contributed by atoms with Crippen molar-refractivity contribution >= 4 is 34.3 Å². The molecule has 1 aromatic heterocycles. The van der Waals surface area contributed by atoms with E-state index in [0.29, 0.717) is 4.88 Å². The Hall–Kier alpha value is -2.66. The Balaban J connectivity index is 1.81. The highest BCUT2D eigenvalue weighted by Gasteiger charge is 2.22. The maximum absolute atomic E-state index is 12.9. The maximum atomic E-state index is 12.9. The van der Waals surface area contributed by atoms with E-state index in [1.807, 2.05) is 75.4 Å². The second-order valence-corrected chi connectivity index (χ2v) is 7.29. The molecule has 128 valence electrons. The molecule has 2 aromatic carbocycles. The molecular formula is C20H21N3OS. The van der Waals surface area contributed by atoms with Gasteiger partial charge in [0.25, 0.3) is 5.91 Å². The number of benzene rings is 2. The summed E-state index contributed by atoms with van der Waals surface area (Å²) in [4.78, 5) is 19.5. The third-order valence-electron chi connectivity index (χ3n) is 3.78. The lowest BCUT2D eigenvalue weighted by molar-refractivity contribution is 0.0984. The van der Waals surface area contributed by atoms with Crippen molar-refractivity contribution in [1.29, 1.82) is 0 Å². The van der Waals surface area contributed by atoms with E-state index in [9.17, 15) is 4.79 Å². The number of thiazole rings is 1. The third-order valence-corrected chi connectivity index (χ3v) is 4.68. The first kappa shape index (κ1) is 17.2. The smallest absolute Gasteiger partial charge is 0.270 e. The van der Waals surface area contributed by atoms with Crippen LogP contribution in [0.5, 0.6) is 0 Å². The van der Waals surface area contributed by atoms with Crippen molar-refractivity contribution in [2.75, 3.05) is 10.2 Å². The van der Waals surface area contributed by atoms with Crippen molar-refractivity contribution in [3.63, 3.8) is 0 Å². The van der Waals surface area contributed by atoms with E-state index in [-0.39, 0.29) is 11.9 Å². The number of amides is 1. The molecule has 1 amide bonds. The number of carbonyl (C=O) groups is 1. The minimum absolute atomic E-state index is 0.00984. The summed E-state index contributed by atoms with van der Waals surface area (Å²) in [5.41, 5.74) is 2.90. The van der Waals surface area contributed by atoms with Crippen LogP contribution in [-0.4, -0.2) is 16.9 Å². The lowest BCUT2D eigenvalue weighted by atomic mass is 10.2. The molecule has 0 spiro atoms. The summed E-state index contributed by atoms with van der Waals surface area (Å²) < 4.78 is 0. The molecule has 0 saturated heterocycles. The number of para-hydroxylation sites is 1. The van der Waals surface area contributed by atoms with E-state index >= 15 is 0 Å². The molecule has 0 bridgehead atoms. The van der Waals surface area contributed by atoms with E-state index in [2.05, 4.69) is 10.3 Å². The Morgan fingerprint density at radius 1 is 1.04 bits per heavy atom. The molecule has 0 fully saturated rings. The van der Waals surface area contributed by atoms with Crippen LogP contribution in [0.25, 0.3) is 0 Å². The summed E-state index contributed by atoms with van der Waals surface area (Å²) in [5, 5.41) is 4.25. The van der Waals surface area contributed by atoms with Gasteiger partial charge >= 0.3 is 0 Å². The minimum Gasteiger partial charge on any atom is -0.356 e. The predicted octanol–water partition coefficient (Wildman–Crippen LogP) is 5.25. The van der Waals surface area contributed by atoms with E-state index in [1.54, 1.807) is 11.1 Å². The van der Waals surface area contributed by atoms with Crippen molar-refractivity contribution in [1.82, 2.24) is 4.98 Å². The van der Waals surface area contributed by atoms with Gasteiger partial charge in [-0.1, -0.05) is 18.2 Å². The normalized spacial score (nSPS) is 10.7. The molecule has 0 aliphatic rings. The zero-order chi connectivity index (χ0) is 17.8. The number of hydrogen-bond donors (Lipinski definition) is 1. The van der Waals surface area contributed by atoms with E-state index in [1.165, 1.54) is 11.3 Å². The number of aromatic nitrogens is 1. The third kappa shape index (κ3) is 4.06. The first-order chi connectivity index (χ1) is 12.0. The molecule has 3 rings (SSSR count). The van der Waals surface area contributed by atoms with Gasteiger partial charge in [-0.05, 0) is 57.2 Å². The number of carbonyl (C=O) groups excluding carboxylic acids is 1. The molecular weight excluding hydrogens is 330 g/mol. The van der Waals surface area contributed by atoms with Gasteiger partial charge in [-0.25, -0.2) is 4.98 Å². The molecule has 3 aromatic rings. The summed E-state index contributed by atoms with van der Waals surface area (Å²) in [6.45, 7) is 5.94. The first-order valence-corrected chi connectivity index (χ1v) is 9.04. The standard InChI is InChI=1S/C20H21N3OS/c1-14(2)23(20(24)19-13-21-15(3)25-19)18-11-9-17(10-12-18)22-16-7-5-4-6-8-16/h4-14,22H,1-3H3. The summed E-state index contributed by atoms with van der Waals surface area (Å²) in [6.07, 6.45) is 1.66. The molecule has 25 heavy (non-hydrogen) atoms. The lowest BCUT2D eigenvalue weighted by Gasteiger charge is -2.26. The molecule has 0 aliphatic carbocycles. The lowest BCUT2D eigenvalue weighted by Crippen LogP contribution is -2.36. The topological polar surface area (TPSA) is 45.2 Å². The molecule has 0 radical (unpaired) electrons. The summed E-state index contributed by atoms with van der Waals surface area (Å²) in [6, 6.07) is 18.0. The van der Waals surface area contributed by atoms with Gasteiger partial charge in [0, 0.05) is 23.1 Å². The van der Waals surface area contributed by atoms with Gasteiger partial charge in [-0.3, -0.25) is 4.79 Å². The second kappa shape index (κ2) is 7.49. The fourth-order valence-electron chi connectivity index (χ4n) is 2.62. The van der Waals surface area contributed by atoms with Crippen LogP contribution in [0, 0.1) is 6.92 Å². The zero-order valence-corrected chi connectivity index (χ0v) is 15.4. The SMILES string of the molecule is Cc1ncc(C(=O)N(c2ccc(Nc3ccccc3)cc2)C(C)C)s1. The summed E-state index contributed by atoms with van der Waals surface area (Å²) >= 11 is 1.43. The predicted molar refractivity (Wildman–Crippen MR) is 105 cm³/mol. The highest BCUT2D eigenvalue weighted by Crippen LogP contribution is 2.25. The number of aryl methyl sites for hydroxylation is 1. The van der Waals surface area contributed by atoms with Gasteiger partial charge in [-0.15, -0.1) is 11.3 Å². The number of rotatable bonds is 5. The van der Waals surface area contributed by atoms with Gasteiger partial charge in [0.05, 0.1) is 11.2 Å². The molecule has 0 aliphatic heterocycles. The Labute approximate surface area is 152 Å². The number of hydrogen-bond acceptors (Lipinski definition) is 4. The van der Waals surface area contributed by atoms with Crippen molar-refractivity contribution in [2.45, 2.75) is 26.8 Å². The van der Waals surface area contributed by atoms with Crippen molar-refractivity contribution in [2.24, 2.45) is 0 Å². The van der Waals surface area contributed by atoms with Crippen molar-refractivity contribution < 1.29 is 4.79 Å². The Morgan fingerprint density at radius 2 is 1.68 bits per heavy atom. The van der Waals surface area contributed by atoms with Crippen LogP contribution >= 0.6 is 11.3 Å². The van der Waals surface area contributed by atoms with E-state index in [0.717, 1.165) is 22.1 Å². The molecule has 0 atom stereocenters. The van der Waals surface area contributed by atoms with Crippen LogP contribution < -0.4 is 10.2 Å². The fraction of sp³-hybridized carbons (Fsp3) is 0.200. The largest absolute Gasteiger partial charge is 0.356 e. The number of nitrogens with zero attached hydrogens (tertiary/aromatic N) is 2. The van der Waals surface area contributed by atoms with Crippen molar-refractivity contribution in [3.05, 3.63) is 70.7 Å². The van der Waals surface area contributed by atoms with Gasteiger partial charge in [0.1, 0.15) is 4.88 Å². The molecule has 5 heteroatoms. The first-order valence-electron chi connectivity index (χ1n) is 8.23. The van der Waals surface area contributed by atoms with Crippen molar-refractivity contribution in [3.8, 4) is 0 Å². The van der Waals surface area contributed by atoms with Gasteiger partial charge in [-0.2, -0.15) is 0 Å². The van der Waals surface area contributed by atoms with E-state index < -0.39 is 0 Å². The van der Waals surface area contributed by atoms with Crippen LogP contribution in [0.4, 0.5) is 17.1 Å². The molecule has 4 nitrogen and oxygen atoms in total. The highest BCUT2D eigenvalue weighted by atomic mass is 32.1. The van der Waals surface area contributed by atoms with Crippen LogP contribution in [0.15, 0.2) is 60.8 Å². The van der Waals surface area contributed by atoms with Crippen LogP contribution in [0.2, 0.25) is 0 Å². The maximum Gasteiger partial charge on any atom is 0.270 e. The monoisotopic (exact) mass is 351 g/mol. The summed E-state index contributed by atoms with van der Waals surface area (Å²) in [5.74, 6) is -0.00984. The average molecular weight is 351 g/mol. The Bertz CT molecular complexity index is 841. The molecule has 0 unspecified atom stereocenters. The molecule has 1 N–H and O–H groups in total. The molecule has 0 saturated carbocycles. The quantitative estimate of drug-likeness (QED) is 0.683. The van der Waals surface area contributed by atoms with Gasteiger partial charge in [0.15, 0.2) is 0 Å². The second-order valence-electron chi connectivity index (χ2n) is 6.05. The Morgan fingerprint density at radius 3 is 2.24 bits per heavy atom. The Kier molecular flexibility index (Phi) is 5.14. The zero-order valence-electron chi connectivity index (χ0n) is 14.6. The average Bonchev–Trinajstić information content (AvgIpc) is 3.04. The minimum atomic E-state index is -0.00984. The number of anilines is 3. The van der Waals surface area contributed by atoms with Crippen LogP contribution in [0.1, 0.15) is 28.5 Å². The number of nitrogens with one attached hydrogen (secondary N) is 1. The van der Waals surface area contributed by atoms with Crippen LogP contribution in [-0.2, 0) is 0 Å². The summed E-state index contributed by atoms with van der Waals surface area (Å²) in [7, 11) is 0. The molecule has 1 heterocycles. The van der Waals surface area contributed by atoms with Gasteiger partial charge in [0.2, 0.25) is 0 Å². The van der Waals surface area contributed by atoms with Crippen LogP contribution in [0.3, 0.4) is 0 Å². The highest BCUT2D eigenvalue weighted by molar-refractivity contribution is 7.13. The van der Waals surface area contributed by atoms with Gasteiger partial charge < -0.3 is 10.2 Å².